The van der Waals surface area contributed by atoms with Gasteiger partial charge in [-0.05, 0) is 40.5 Å². The zero-order chi connectivity index (χ0) is 14.9. The lowest BCUT2D eigenvalue weighted by Crippen LogP contribution is -2.34. The molecule has 0 saturated heterocycles. The number of nitrogens with one attached hydrogen (secondary N) is 1. The number of hydrogen-bond donors (Lipinski definition) is 2. The topological polar surface area (TPSA) is 69.6 Å². The lowest BCUT2D eigenvalue weighted by atomic mass is 10.2. The summed E-state index contributed by atoms with van der Waals surface area (Å²) >= 11 is 3.19. The average Bonchev–Trinajstić information content (AvgIpc) is 2.64. The van der Waals surface area contributed by atoms with E-state index in [1.807, 2.05) is 0 Å². The second-order valence-corrected chi connectivity index (χ2v) is 5.14. The number of halogens is 2. The zero-order valence-electron chi connectivity index (χ0n) is 10.6. The molecule has 2 rings (SSSR count). The predicted molar refractivity (Wildman–Crippen MR) is 74.3 cm³/mol. The molecule has 2 N–H and O–H groups in total. The number of carbonyl (C=O) groups excluding carboxylic acids is 2. The summed E-state index contributed by atoms with van der Waals surface area (Å²) in [6, 6.07) is 2.82. The summed E-state index contributed by atoms with van der Waals surface area (Å²) < 4.78 is 13.8. The van der Waals surface area contributed by atoms with Crippen LogP contribution < -0.4 is 5.32 Å². The number of benzene rings is 1. The summed E-state index contributed by atoms with van der Waals surface area (Å²) in [7, 11) is 0. The molecule has 0 atom stereocenters. The summed E-state index contributed by atoms with van der Waals surface area (Å²) in [6.45, 7) is 1.25. The molecule has 1 aromatic rings. The van der Waals surface area contributed by atoms with Crippen LogP contribution in [0.5, 0.6) is 0 Å². The van der Waals surface area contributed by atoms with E-state index in [2.05, 4.69) is 21.2 Å². The molecule has 5 nitrogen and oxygen atoms in total. The quantitative estimate of drug-likeness (QED) is 0.814. The van der Waals surface area contributed by atoms with Gasteiger partial charge in [-0.25, -0.2) is 4.39 Å². The van der Waals surface area contributed by atoms with Crippen LogP contribution in [0.2, 0.25) is 0 Å². The van der Waals surface area contributed by atoms with Crippen LogP contribution in [0, 0.1) is 12.7 Å². The molecule has 0 unspecified atom stereocenters. The number of rotatable bonds is 4. The molecule has 0 aliphatic carbocycles. The Labute approximate surface area is 123 Å². The summed E-state index contributed by atoms with van der Waals surface area (Å²) in [5.41, 5.74) is 0.998. The van der Waals surface area contributed by atoms with Gasteiger partial charge in [0.2, 0.25) is 0 Å². The van der Waals surface area contributed by atoms with Gasteiger partial charge < -0.3 is 10.4 Å². The third kappa shape index (κ3) is 2.73. The Morgan fingerprint density at radius 1 is 1.40 bits per heavy atom. The molecule has 2 amide bonds. The number of aliphatic hydroxyl groups excluding tert-OH is 1. The first-order chi connectivity index (χ1) is 9.43. The average molecular weight is 343 g/mol. The molecule has 1 aliphatic heterocycles. The molecule has 0 radical (unpaired) electrons. The monoisotopic (exact) mass is 342 g/mol. The van der Waals surface area contributed by atoms with Gasteiger partial charge in [-0.2, -0.15) is 0 Å². The third-order valence-electron chi connectivity index (χ3n) is 2.85. The maximum atomic E-state index is 13.3. The molecule has 0 aromatic heterocycles. The maximum Gasteiger partial charge on any atom is 0.277 e. The van der Waals surface area contributed by atoms with Crippen molar-refractivity contribution in [3.05, 3.63) is 39.8 Å². The van der Waals surface area contributed by atoms with Crippen molar-refractivity contribution < 1.29 is 19.1 Å². The van der Waals surface area contributed by atoms with E-state index in [1.165, 1.54) is 12.1 Å². The fraction of sp³-hybridized carbons (Fsp3) is 0.231. The molecule has 0 spiro atoms. The zero-order valence-corrected chi connectivity index (χ0v) is 12.2. The number of nitrogens with zero attached hydrogens (tertiary/aromatic N) is 1. The normalized spacial score (nSPS) is 14.8. The van der Waals surface area contributed by atoms with Crippen molar-refractivity contribution in [1.29, 1.82) is 0 Å². The minimum Gasteiger partial charge on any atom is -0.395 e. The van der Waals surface area contributed by atoms with Gasteiger partial charge in [0.25, 0.3) is 11.8 Å². The van der Waals surface area contributed by atoms with Crippen LogP contribution in [0.25, 0.3) is 0 Å². The number of carbonyl (C=O) groups is 2. The fourth-order valence-electron chi connectivity index (χ4n) is 1.81. The standard InChI is InChI=1S/C13H12BrFN2O3/c1-7-4-10(8(14)5-9(7)15)16-11-6-12(19)17(2-3-18)13(11)20/h4-6,16,18H,2-3H2,1H3. The van der Waals surface area contributed by atoms with Gasteiger partial charge in [-0.1, -0.05) is 0 Å². The number of β-amino-alcohol motifs (C(OH)–C–C–N with tert-alkyl or cyclic N) is 1. The molecule has 7 heteroatoms. The minimum atomic E-state index is -0.516. The van der Waals surface area contributed by atoms with Crippen molar-refractivity contribution in [2.24, 2.45) is 0 Å². The maximum absolute atomic E-state index is 13.3. The Morgan fingerprint density at radius 3 is 2.75 bits per heavy atom. The second kappa shape index (κ2) is 5.72. The van der Waals surface area contributed by atoms with Crippen molar-refractivity contribution >= 4 is 33.4 Å². The van der Waals surface area contributed by atoms with Crippen LogP contribution in [-0.4, -0.2) is 35.0 Å². The Hall–Kier alpha value is -1.73. The first kappa shape index (κ1) is 14.7. The molecule has 0 bridgehead atoms. The molecular formula is C13H12BrFN2O3. The smallest absolute Gasteiger partial charge is 0.277 e. The molecule has 0 saturated carbocycles. The Morgan fingerprint density at radius 2 is 2.10 bits per heavy atom. The van der Waals surface area contributed by atoms with E-state index in [4.69, 9.17) is 5.11 Å². The van der Waals surface area contributed by atoms with E-state index in [0.29, 0.717) is 15.7 Å². The van der Waals surface area contributed by atoms with E-state index in [0.717, 1.165) is 11.0 Å². The predicted octanol–water partition coefficient (Wildman–Crippen LogP) is 1.55. The fourth-order valence-corrected chi connectivity index (χ4v) is 2.22. The number of aliphatic hydroxyl groups is 1. The molecule has 1 heterocycles. The molecule has 20 heavy (non-hydrogen) atoms. The van der Waals surface area contributed by atoms with Crippen molar-refractivity contribution in [1.82, 2.24) is 4.90 Å². The second-order valence-electron chi connectivity index (χ2n) is 4.28. The number of anilines is 1. The molecule has 1 aliphatic rings. The highest BCUT2D eigenvalue weighted by atomic mass is 79.9. The van der Waals surface area contributed by atoms with E-state index in [9.17, 15) is 14.0 Å². The Bertz CT molecular complexity index is 616. The van der Waals surface area contributed by atoms with Gasteiger partial charge >= 0.3 is 0 Å². The number of hydrogen-bond acceptors (Lipinski definition) is 4. The SMILES string of the molecule is Cc1cc(NC2=CC(=O)N(CCO)C2=O)c(Br)cc1F. The van der Waals surface area contributed by atoms with Crippen LogP contribution in [0.15, 0.2) is 28.4 Å². The Balaban J connectivity index is 2.23. The van der Waals surface area contributed by atoms with Gasteiger partial charge in [0, 0.05) is 10.5 Å². The molecule has 0 fully saturated rings. The van der Waals surface area contributed by atoms with Gasteiger partial charge in [0.05, 0.1) is 18.8 Å². The first-order valence-corrected chi connectivity index (χ1v) is 6.64. The van der Waals surface area contributed by atoms with E-state index in [1.54, 1.807) is 6.92 Å². The Kier molecular flexibility index (Phi) is 4.20. The lowest BCUT2D eigenvalue weighted by Gasteiger charge is -2.14. The van der Waals surface area contributed by atoms with Gasteiger partial charge in [0.1, 0.15) is 11.5 Å². The van der Waals surface area contributed by atoms with Crippen molar-refractivity contribution in [3.8, 4) is 0 Å². The number of amides is 2. The minimum absolute atomic E-state index is 0.0526. The summed E-state index contributed by atoms with van der Waals surface area (Å²) in [5.74, 6) is -1.37. The lowest BCUT2D eigenvalue weighted by molar-refractivity contribution is -0.137. The third-order valence-corrected chi connectivity index (χ3v) is 3.51. The van der Waals surface area contributed by atoms with Gasteiger partial charge in [0.15, 0.2) is 0 Å². The molecule has 1 aromatic carbocycles. The highest BCUT2D eigenvalue weighted by Gasteiger charge is 2.30. The van der Waals surface area contributed by atoms with Crippen molar-refractivity contribution in [2.75, 3.05) is 18.5 Å². The molecule has 106 valence electrons. The van der Waals surface area contributed by atoms with Gasteiger partial charge in [-0.15, -0.1) is 0 Å². The summed E-state index contributed by atoms with van der Waals surface area (Å²) in [5, 5.41) is 11.6. The number of imide groups is 1. The van der Waals surface area contributed by atoms with Crippen LogP contribution in [-0.2, 0) is 9.59 Å². The molecular weight excluding hydrogens is 331 g/mol. The van der Waals surface area contributed by atoms with Crippen molar-refractivity contribution in [2.45, 2.75) is 6.92 Å². The number of aryl methyl sites for hydroxylation is 1. The van der Waals surface area contributed by atoms with Gasteiger partial charge in [-0.3, -0.25) is 14.5 Å². The van der Waals surface area contributed by atoms with Crippen LogP contribution in [0.4, 0.5) is 10.1 Å². The highest BCUT2D eigenvalue weighted by Crippen LogP contribution is 2.28. The van der Waals surface area contributed by atoms with E-state index < -0.39 is 11.8 Å². The van der Waals surface area contributed by atoms with Crippen LogP contribution >= 0.6 is 15.9 Å². The van der Waals surface area contributed by atoms with Crippen LogP contribution in [0.1, 0.15) is 5.56 Å². The first-order valence-electron chi connectivity index (χ1n) is 5.85. The van der Waals surface area contributed by atoms with Crippen LogP contribution in [0.3, 0.4) is 0 Å². The summed E-state index contributed by atoms with van der Waals surface area (Å²) in [4.78, 5) is 24.5. The van der Waals surface area contributed by atoms with E-state index >= 15 is 0 Å². The van der Waals surface area contributed by atoms with Crippen molar-refractivity contribution in [3.63, 3.8) is 0 Å². The summed E-state index contributed by atoms with van der Waals surface area (Å²) in [6.07, 6.45) is 1.16. The van der Waals surface area contributed by atoms with E-state index in [-0.39, 0.29) is 24.7 Å². The largest absolute Gasteiger partial charge is 0.395 e. The highest BCUT2D eigenvalue weighted by molar-refractivity contribution is 9.10.